The van der Waals surface area contributed by atoms with Gasteiger partial charge in [-0.3, -0.25) is 9.78 Å². The molecule has 0 spiro atoms. The first kappa shape index (κ1) is 18.7. The van der Waals surface area contributed by atoms with Crippen molar-refractivity contribution < 1.29 is 4.79 Å². The maximum atomic E-state index is 12.5. The zero-order valence-corrected chi connectivity index (χ0v) is 16.7. The maximum absolute atomic E-state index is 12.5. The van der Waals surface area contributed by atoms with Crippen molar-refractivity contribution in [1.82, 2.24) is 30.2 Å². The zero-order chi connectivity index (χ0) is 20.3. The summed E-state index contributed by atoms with van der Waals surface area (Å²) in [5.74, 6) is -0.0720. The summed E-state index contributed by atoms with van der Waals surface area (Å²) in [5, 5.41) is 12.7. The molecule has 0 radical (unpaired) electrons. The highest BCUT2D eigenvalue weighted by Gasteiger charge is 2.22. The lowest BCUT2D eigenvalue weighted by Gasteiger charge is -2.32. The number of fused-ring (bicyclic) bond motifs is 2. The summed E-state index contributed by atoms with van der Waals surface area (Å²) >= 11 is 0. The first-order chi connectivity index (χ1) is 14.8. The van der Waals surface area contributed by atoms with Crippen LogP contribution in [0.5, 0.6) is 0 Å². The molecule has 0 aliphatic carbocycles. The maximum Gasteiger partial charge on any atom is 0.252 e. The number of para-hydroxylation sites is 2. The van der Waals surface area contributed by atoms with Crippen molar-refractivity contribution in [2.45, 2.75) is 18.9 Å². The Kier molecular flexibility index (Phi) is 5.11. The molecule has 0 atom stereocenters. The Bertz CT molecular complexity index is 1180. The average molecular weight is 400 g/mol. The number of nitrogens with one attached hydrogen (secondary N) is 1. The van der Waals surface area contributed by atoms with Crippen molar-refractivity contribution in [3.05, 3.63) is 66.4 Å². The molecule has 1 saturated heterocycles. The minimum absolute atomic E-state index is 0.0720. The highest BCUT2D eigenvalue weighted by molar-refractivity contribution is 5.97. The van der Waals surface area contributed by atoms with Crippen LogP contribution in [0, 0.1) is 0 Å². The van der Waals surface area contributed by atoms with E-state index in [1.165, 1.54) is 0 Å². The van der Waals surface area contributed by atoms with Crippen molar-refractivity contribution >= 4 is 27.8 Å². The molecule has 5 rings (SSSR count). The fourth-order valence-corrected chi connectivity index (χ4v) is 4.17. The van der Waals surface area contributed by atoms with Crippen LogP contribution in [0.1, 0.15) is 29.2 Å². The van der Waals surface area contributed by atoms with E-state index in [1.807, 2.05) is 48.5 Å². The number of carbonyl (C=O) groups excluding carboxylic acids is 1. The van der Waals surface area contributed by atoms with Crippen molar-refractivity contribution in [2.24, 2.45) is 0 Å². The van der Waals surface area contributed by atoms with Crippen LogP contribution >= 0.6 is 0 Å². The number of hydrogen-bond donors (Lipinski definition) is 1. The van der Waals surface area contributed by atoms with Crippen LogP contribution in [0.15, 0.2) is 60.8 Å². The number of rotatable bonds is 5. The summed E-state index contributed by atoms with van der Waals surface area (Å²) in [6, 6.07) is 18.2. The van der Waals surface area contributed by atoms with Gasteiger partial charge in [0.2, 0.25) is 0 Å². The molecule has 1 N–H and O–H groups in total. The van der Waals surface area contributed by atoms with Crippen molar-refractivity contribution in [3.63, 3.8) is 0 Å². The van der Waals surface area contributed by atoms with Crippen molar-refractivity contribution in [3.8, 4) is 0 Å². The largest absolute Gasteiger partial charge is 0.351 e. The number of likely N-dealkylation sites (tertiary alicyclic amines) is 1. The van der Waals surface area contributed by atoms with E-state index in [0.29, 0.717) is 18.2 Å². The second-order valence-electron chi connectivity index (χ2n) is 7.77. The van der Waals surface area contributed by atoms with Gasteiger partial charge in [0.25, 0.3) is 5.91 Å². The van der Waals surface area contributed by atoms with Gasteiger partial charge in [0.1, 0.15) is 5.52 Å². The van der Waals surface area contributed by atoms with Gasteiger partial charge in [0, 0.05) is 37.8 Å². The molecule has 1 amide bonds. The molecule has 7 nitrogen and oxygen atoms in total. The monoisotopic (exact) mass is 400 g/mol. The van der Waals surface area contributed by atoms with Crippen LogP contribution in [0.2, 0.25) is 0 Å². The predicted octanol–water partition coefficient (Wildman–Crippen LogP) is 3.05. The lowest BCUT2D eigenvalue weighted by Crippen LogP contribution is -2.40. The number of pyridine rings is 1. The number of piperidine rings is 1. The highest BCUT2D eigenvalue weighted by Crippen LogP contribution is 2.25. The van der Waals surface area contributed by atoms with Crippen LogP contribution in [0.3, 0.4) is 0 Å². The molecule has 7 heteroatoms. The smallest absolute Gasteiger partial charge is 0.252 e. The minimum Gasteiger partial charge on any atom is -0.351 e. The Morgan fingerprint density at radius 3 is 2.67 bits per heavy atom. The van der Waals surface area contributed by atoms with E-state index in [-0.39, 0.29) is 5.91 Å². The number of benzene rings is 2. The highest BCUT2D eigenvalue weighted by atomic mass is 16.1. The molecular formula is C23H24N6O. The van der Waals surface area contributed by atoms with Crippen LogP contribution in [-0.4, -0.2) is 57.0 Å². The number of carbonyl (C=O) groups is 1. The summed E-state index contributed by atoms with van der Waals surface area (Å²) in [7, 11) is 0. The molecule has 1 aliphatic rings. The third-order valence-corrected chi connectivity index (χ3v) is 5.85. The summed E-state index contributed by atoms with van der Waals surface area (Å²) in [4.78, 5) is 19.2. The molecule has 0 unspecified atom stereocenters. The Labute approximate surface area is 174 Å². The normalized spacial score (nSPS) is 15.6. The molecule has 2 aromatic heterocycles. The molecule has 1 aliphatic heterocycles. The lowest BCUT2D eigenvalue weighted by atomic mass is 10.0. The molecule has 1 fully saturated rings. The minimum atomic E-state index is -0.0720. The SMILES string of the molecule is O=C(NCCN1CCC(n2nnc3ccccc32)CC1)c1cnc2ccccc2c1. The Balaban J connectivity index is 1.12. The number of amides is 1. The van der Waals surface area contributed by atoms with Gasteiger partial charge in [0.15, 0.2) is 0 Å². The van der Waals surface area contributed by atoms with E-state index in [4.69, 9.17) is 0 Å². The molecule has 2 aromatic carbocycles. The summed E-state index contributed by atoms with van der Waals surface area (Å²) in [6.07, 6.45) is 3.72. The van der Waals surface area contributed by atoms with Crippen LogP contribution < -0.4 is 5.32 Å². The average Bonchev–Trinajstić information content (AvgIpc) is 3.23. The van der Waals surface area contributed by atoms with Crippen LogP contribution in [0.4, 0.5) is 0 Å². The molecule has 0 bridgehead atoms. The first-order valence-corrected chi connectivity index (χ1v) is 10.4. The second-order valence-corrected chi connectivity index (χ2v) is 7.77. The fourth-order valence-electron chi connectivity index (χ4n) is 4.17. The Morgan fingerprint density at radius 2 is 1.80 bits per heavy atom. The quantitative estimate of drug-likeness (QED) is 0.557. The number of nitrogens with zero attached hydrogens (tertiary/aromatic N) is 5. The van der Waals surface area contributed by atoms with Gasteiger partial charge in [-0.2, -0.15) is 0 Å². The van der Waals surface area contributed by atoms with Gasteiger partial charge in [0.05, 0.1) is 22.6 Å². The standard InChI is InChI=1S/C23H24N6O/c30-23(18-15-17-5-1-2-6-20(17)25-16-18)24-11-14-28-12-9-19(10-13-28)29-22-8-4-3-7-21(22)26-27-29/h1-8,15-16,19H,9-14H2,(H,24,30). The molecular weight excluding hydrogens is 376 g/mol. The van der Waals surface area contributed by atoms with Gasteiger partial charge in [-0.25, -0.2) is 4.68 Å². The molecule has 0 saturated carbocycles. The first-order valence-electron chi connectivity index (χ1n) is 10.4. The van der Waals surface area contributed by atoms with E-state index in [9.17, 15) is 4.79 Å². The predicted molar refractivity (Wildman–Crippen MR) is 116 cm³/mol. The Morgan fingerprint density at radius 1 is 1.03 bits per heavy atom. The summed E-state index contributed by atoms with van der Waals surface area (Å²) in [6.45, 7) is 3.46. The molecule has 3 heterocycles. The van der Waals surface area contributed by atoms with Gasteiger partial charge >= 0.3 is 0 Å². The lowest BCUT2D eigenvalue weighted by molar-refractivity contribution is 0.0943. The van der Waals surface area contributed by atoms with E-state index < -0.39 is 0 Å². The Hall–Kier alpha value is -3.32. The van der Waals surface area contributed by atoms with Gasteiger partial charge in [-0.05, 0) is 37.1 Å². The van der Waals surface area contributed by atoms with Crippen molar-refractivity contribution in [2.75, 3.05) is 26.2 Å². The van der Waals surface area contributed by atoms with E-state index in [1.54, 1.807) is 6.20 Å². The van der Waals surface area contributed by atoms with Crippen LogP contribution in [0.25, 0.3) is 21.9 Å². The topological polar surface area (TPSA) is 75.9 Å². The number of aromatic nitrogens is 4. The summed E-state index contributed by atoms with van der Waals surface area (Å²) in [5.41, 5.74) is 3.56. The molecule has 30 heavy (non-hydrogen) atoms. The van der Waals surface area contributed by atoms with E-state index in [2.05, 4.69) is 36.3 Å². The summed E-state index contributed by atoms with van der Waals surface area (Å²) < 4.78 is 2.07. The van der Waals surface area contributed by atoms with Gasteiger partial charge < -0.3 is 10.2 Å². The van der Waals surface area contributed by atoms with Gasteiger partial charge in [-0.1, -0.05) is 35.5 Å². The van der Waals surface area contributed by atoms with E-state index >= 15 is 0 Å². The van der Waals surface area contributed by atoms with Crippen LogP contribution in [-0.2, 0) is 0 Å². The van der Waals surface area contributed by atoms with Gasteiger partial charge in [-0.15, -0.1) is 5.10 Å². The fraction of sp³-hybridized carbons (Fsp3) is 0.304. The molecule has 4 aromatic rings. The second kappa shape index (κ2) is 8.20. The van der Waals surface area contributed by atoms with Crippen molar-refractivity contribution in [1.29, 1.82) is 0 Å². The zero-order valence-electron chi connectivity index (χ0n) is 16.7. The van der Waals surface area contributed by atoms with E-state index in [0.717, 1.165) is 54.4 Å². The third-order valence-electron chi connectivity index (χ3n) is 5.85. The third kappa shape index (κ3) is 3.76. The number of hydrogen-bond acceptors (Lipinski definition) is 5. The molecule has 152 valence electrons.